The van der Waals surface area contributed by atoms with Gasteiger partial charge in [-0.15, -0.1) is 0 Å². The van der Waals surface area contributed by atoms with E-state index in [1.807, 2.05) is 19.1 Å². The quantitative estimate of drug-likeness (QED) is 0.642. The number of allylic oxidation sites excluding steroid dienone is 1. The molecule has 1 heteroatoms. The lowest BCUT2D eigenvalue weighted by molar-refractivity contribution is 0.352. The Labute approximate surface area is 80.0 Å². The number of rotatable bonds is 3. The van der Waals surface area contributed by atoms with Crippen LogP contribution < -0.4 is 4.74 Å². The van der Waals surface area contributed by atoms with Crippen LogP contribution in [-0.4, -0.2) is 6.61 Å². The SMILES string of the molecule is C/C=C(/C)COc1ccc(C)cc1. The Kier molecular flexibility index (Phi) is 3.56. The van der Waals surface area contributed by atoms with E-state index in [0.29, 0.717) is 6.61 Å². The number of aryl methyl sites for hydroxylation is 1. The van der Waals surface area contributed by atoms with Crippen molar-refractivity contribution in [2.75, 3.05) is 6.61 Å². The zero-order valence-electron chi connectivity index (χ0n) is 8.50. The number of hydrogen-bond donors (Lipinski definition) is 0. The van der Waals surface area contributed by atoms with E-state index in [1.165, 1.54) is 11.1 Å². The summed E-state index contributed by atoms with van der Waals surface area (Å²) < 4.78 is 5.55. The Morgan fingerprint density at radius 2 is 1.92 bits per heavy atom. The van der Waals surface area contributed by atoms with E-state index in [2.05, 4.69) is 32.1 Å². The maximum absolute atomic E-state index is 5.55. The standard InChI is InChI=1S/C12H16O/c1-4-10(2)9-13-12-7-5-11(3)6-8-12/h4-8H,9H2,1-3H3/b10-4-. The molecule has 0 aliphatic carbocycles. The van der Waals surface area contributed by atoms with Gasteiger partial charge in [-0.3, -0.25) is 0 Å². The van der Waals surface area contributed by atoms with Gasteiger partial charge in [0.25, 0.3) is 0 Å². The van der Waals surface area contributed by atoms with Gasteiger partial charge in [-0.1, -0.05) is 23.8 Å². The molecule has 0 heterocycles. The van der Waals surface area contributed by atoms with Crippen molar-refractivity contribution < 1.29 is 4.74 Å². The summed E-state index contributed by atoms with van der Waals surface area (Å²) in [5.41, 5.74) is 2.51. The molecule has 0 aliphatic rings. The highest BCUT2D eigenvalue weighted by Gasteiger charge is 1.92. The van der Waals surface area contributed by atoms with Crippen molar-refractivity contribution >= 4 is 0 Å². The van der Waals surface area contributed by atoms with Crippen molar-refractivity contribution in [2.45, 2.75) is 20.8 Å². The molecule has 1 rings (SSSR count). The largest absolute Gasteiger partial charge is 0.489 e. The fourth-order valence-corrected chi connectivity index (χ4v) is 0.915. The fourth-order valence-electron chi connectivity index (χ4n) is 0.915. The molecule has 0 radical (unpaired) electrons. The minimum Gasteiger partial charge on any atom is -0.489 e. The van der Waals surface area contributed by atoms with Crippen LogP contribution in [0.15, 0.2) is 35.9 Å². The Morgan fingerprint density at radius 1 is 1.31 bits per heavy atom. The molecule has 0 saturated carbocycles. The van der Waals surface area contributed by atoms with Gasteiger partial charge in [-0.25, -0.2) is 0 Å². The minimum absolute atomic E-state index is 0.680. The zero-order chi connectivity index (χ0) is 9.68. The average molecular weight is 176 g/mol. The Bertz CT molecular complexity index is 282. The van der Waals surface area contributed by atoms with Gasteiger partial charge in [-0.2, -0.15) is 0 Å². The summed E-state index contributed by atoms with van der Waals surface area (Å²) in [6.45, 7) is 6.84. The fraction of sp³-hybridized carbons (Fsp3) is 0.333. The molecule has 0 amide bonds. The van der Waals surface area contributed by atoms with Gasteiger partial charge in [0, 0.05) is 0 Å². The molecule has 0 N–H and O–H groups in total. The molecule has 0 aliphatic heterocycles. The van der Waals surface area contributed by atoms with E-state index >= 15 is 0 Å². The van der Waals surface area contributed by atoms with Gasteiger partial charge >= 0.3 is 0 Å². The summed E-state index contributed by atoms with van der Waals surface area (Å²) in [4.78, 5) is 0. The summed E-state index contributed by atoms with van der Waals surface area (Å²) in [6, 6.07) is 8.11. The lowest BCUT2D eigenvalue weighted by atomic mass is 10.2. The third-order valence-corrected chi connectivity index (χ3v) is 1.98. The van der Waals surface area contributed by atoms with Gasteiger partial charge in [0.2, 0.25) is 0 Å². The summed E-state index contributed by atoms with van der Waals surface area (Å²) in [5, 5.41) is 0. The second-order valence-electron chi connectivity index (χ2n) is 3.24. The lowest BCUT2D eigenvalue weighted by Crippen LogP contribution is -1.97. The second kappa shape index (κ2) is 4.70. The third-order valence-electron chi connectivity index (χ3n) is 1.98. The van der Waals surface area contributed by atoms with Gasteiger partial charge < -0.3 is 4.74 Å². The van der Waals surface area contributed by atoms with Crippen molar-refractivity contribution in [3.63, 3.8) is 0 Å². The van der Waals surface area contributed by atoms with E-state index in [9.17, 15) is 0 Å². The van der Waals surface area contributed by atoms with E-state index in [-0.39, 0.29) is 0 Å². The first-order chi connectivity index (χ1) is 6.22. The van der Waals surface area contributed by atoms with Crippen LogP contribution >= 0.6 is 0 Å². The molecule has 0 atom stereocenters. The van der Waals surface area contributed by atoms with E-state index in [0.717, 1.165) is 5.75 Å². The van der Waals surface area contributed by atoms with Crippen LogP contribution in [0.25, 0.3) is 0 Å². The molecular formula is C12H16O. The highest BCUT2D eigenvalue weighted by Crippen LogP contribution is 2.12. The molecule has 1 nitrogen and oxygen atoms in total. The highest BCUT2D eigenvalue weighted by atomic mass is 16.5. The monoisotopic (exact) mass is 176 g/mol. The van der Waals surface area contributed by atoms with Crippen LogP contribution in [0.1, 0.15) is 19.4 Å². The average Bonchev–Trinajstić information content (AvgIpc) is 2.16. The smallest absolute Gasteiger partial charge is 0.119 e. The van der Waals surface area contributed by atoms with Gasteiger partial charge in [-0.05, 0) is 38.5 Å². The van der Waals surface area contributed by atoms with Crippen LogP contribution in [0.2, 0.25) is 0 Å². The summed E-state index contributed by atoms with van der Waals surface area (Å²) in [7, 11) is 0. The van der Waals surface area contributed by atoms with Crippen LogP contribution in [0.3, 0.4) is 0 Å². The molecule has 13 heavy (non-hydrogen) atoms. The maximum atomic E-state index is 5.55. The summed E-state index contributed by atoms with van der Waals surface area (Å²) in [6.07, 6.45) is 2.06. The van der Waals surface area contributed by atoms with E-state index < -0.39 is 0 Å². The number of benzene rings is 1. The van der Waals surface area contributed by atoms with Gasteiger partial charge in [0.05, 0.1) is 0 Å². The Balaban J connectivity index is 2.51. The van der Waals surface area contributed by atoms with Crippen LogP contribution in [0.5, 0.6) is 5.75 Å². The minimum atomic E-state index is 0.680. The summed E-state index contributed by atoms with van der Waals surface area (Å²) >= 11 is 0. The van der Waals surface area contributed by atoms with Crippen LogP contribution in [0.4, 0.5) is 0 Å². The number of hydrogen-bond acceptors (Lipinski definition) is 1. The second-order valence-corrected chi connectivity index (χ2v) is 3.24. The van der Waals surface area contributed by atoms with Crippen LogP contribution in [0, 0.1) is 6.92 Å². The summed E-state index contributed by atoms with van der Waals surface area (Å²) in [5.74, 6) is 0.937. The molecule has 0 saturated heterocycles. The molecular weight excluding hydrogens is 160 g/mol. The predicted octanol–water partition coefficient (Wildman–Crippen LogP) is 3.34. The van der Waals surface area contributed by atoms with E-state index in [4.69, 9.17) is 4.74 Å². The van der Waals surface area contributed by atoms with Crippen molar-refractivity contribution in [1.82, 2.24) is 0 Å². The molecule has 0 fully saturated rings. The lowest BCUT2D eigenvalue weighted by Gasteiger charge is -2.05. The van der Waals surface area contributed by atoms with E-state index in [1.54, 1.807) is 0 Å². The van der Waals surface area contributed by atoms with Gasteiger partial charge in [0.15, 0.2) is 0 Å². The normalized spacial score (nSPS) is 11.5. The van der Waals surface area contributed by atoms with Crippen molar-refractivity contribution in [3.8, 4) is 5.75 Å². The predicted molar refractivity (Wildman–Crippen MR) is 56.1 cm³/mol. The Hall–Kier alpha value is -1.24. The highest BCUT2D eigenvalue weighted by molar-refractivity contribution is 5.26. The Morgan fingerprint density at radius 3 is 2.46 bits per heavy atom. The van der Waals surface area contributed by atoms with Crippen molar-refractivity contribution in [1.29, 1.82) is 0 Å². The van der Waals surface area contributed by atoms with Crippen molar-refractivity contribution in [3.05, 3.63) is 41.5 Å². The molecule has 0 spiro atoms. The molecule has 0 bridgehead atoms. The first-order valence-electron chi connectivity index (χ1n) is 4.53. The van der Waals surface area contributed by atoms with Crippen LogP contribution in [-0.2, 0) is 0 Å². The first kappa shape index (κ1) is 9.85. The third kappa shape index (κ3) is 3.32. The molecule has 0 aromatic heterocycles. The maximum Gasteiger partial charge on any atom is 0.119 e. The topological polar surface area (TPSA) is 9.23 Å². The van der Waals surface area contributed by atoms with Gasteiger partial charge in [0.1, 0.15) is 12.4 Å². The molecule has 0 unspecified atom stereocenters. The molecule has 1 aromatic rings. The zero-order valence-corrected chi connectivity index (χ0v) is 8.50. The van der Waals surface area contributed by atoms with Crippen molar-refractivity contribution in [2.24, 2.45) is 0 Å². The first-order valence-corrected chi connectivity index (χ1v) is 4.53. The number of ether oxygens (including phenoxy) is 1. The molecule has 70 valence electrons. The molecule has 1 aromatic carbocycles.